The number of ether oxygens (including phenoxy) is 2. The van der Waals surface area contributed by atoms with Crippen molar-refractivity contribution in [2.24, 2.45) is 4.99 Å². The first-order chi connectivity index (χ1) is 12.7. The molecule has 2 N–H and O–H groups in total. The normalized spacial score (nSPS) is 11.3. The number of alkyl halides is 3. The first-order valence-electron chi connectivity index (χ1n) is 8.37. The first kappa shape index (κ1) is 26.1. The van der Waals surface area contributed by atoms with Crippen LogP contribution in [-0.4, -0.2) is 63.3 Å². The summed E-state index contributed by atoms with van der Waals surface area (Å²) in [6.45, 7) is 2.89. The molecule has 1 aromatic carbocycles. The maximum atomic E-state index is 12.4. The van der Waals surface area contributed by atoms with Crippen molar-refractivity contribution in [1.29, 1.82) is 0 Å². The number of anilines is 1. The van der Waals surface area contributed by atoms with E-state index in [1.165, 1.54) is 7.11 Å². The molecule has 0 bridgehead atoms. The average molecular weight is 518 g/mol. The molecule has 160 valence electrons. The summed E-state index contributed by atoms with van der Waals surface area (Å²) < 4.78 is 47.8. The minimum Gasteiger partial charge on any atom is -0.493 e. The number of methoxy groups -OCH3 is 1. The van der Waals surface area contributed by atoms with Crippen LogP contribution in [0.1, 0.15) is 13.8 Å². The van der Waals surface area contributed by atoms with Crippen molar-refractivity contribution in [3.63, 3.8) is 0 Å². The number of rotatable bonds is 8. The minimum absolute atomic E-state index is 0. The molecule has 0 aliphatic heterocycles. The molecule has 11 heteroatoms. The van der Waals surface area contributed by atoms with E-state index in [1.54, 1.807) is 18.2 Å². The molecule has 1 amide bonds. The summed E-state index contributed by atoms with van der Waals surface area (Å²) in [5.41, 5.74) is 0.620. The summed E-state index contributed by atoms with van der Waals surface area (Å²) in [5.74, 6) is 0.614. The number of carbonyl (C=O) groups excluding carboxylic acids is 1. The van der Waals surface area contributed by atoms with Crippen molar-refractivity contribution in [3.8, 4) is 11.5 Å². The van der Waals surface area contributed by atoms with Crippen LogP contribution in [0, 0.1) is 0 Å². The van der Waals surface area contributed by atoms with E-state index < -0.39 is 25.2 Å². The third-order valence-electron chi connectivity index (χ3n) is 3.29. The average Bonchev–Trinajstić information content (AvgIpc) is 2.58. The molecule has 0 heterocycles. The Morgan fingerprint density at radius 3 is 2.46 bits per heavy atom. The van der Waals surface area contributed by atoms with Crippen LogP contribution in [0.4, 0.5) is 18.9 Å². The third-order valence-corrected chi connectivity index (χ3v) is 3.29. The minimum atomic E-state index is -4.45. The highest BCUT2D eigenvalue weighted by molar-refractivity contribution is 14.0. The maximum absolute atomic E-state index is 12.4. The van der Waals surface area contributed by atoms with E-state index in [0.29, 0.717) is 35.2 Å². The van der Waals surface area contributed by atoms with E-state index in [0.717, 1.165) is 7.05 Å². The van der Waals surface area contributed by atoms with Crippen molar-refractivity contribution in [2.45, 2.75) is 20.0 Å². The van der Waals surface area contributed by atoms with Gasteiger partial charge in [0.1, 0.15) is 13.1 Å². The number of amides is 1. The van der Waals surface area contributed by atoms with Gasteiger partial charge in [0.25, 0.3) is 0 Å². The Bertz CT molecular complexity index is 657. The van der Waals surface area contributed by atoms with E-state index in [1.807, 2.05) is 13.8 Å². The monoisotopic (exact) mass is 518 g/mol. The van der Waals surface area contributed by atoms with Crippen molar-refractivity contribution in [2.75, 3.05) is 45.7 Å². The van der Waals surface area contributed by atoms with E-state index in [4.69, 9.17) is 9.47 Å². The Kier molecular flexibility index (Phi) is 11.7. The van der Waals surface area contributed by atoms with Crippen molar-refractivity contribution in [3.05, 3.63) is 18.2 Å². The molecule has 0 aromatic heterocycles. The summed E-state index contributed by atoms with van der Waals surface area (Å²) in [6.07, 6.45) is -4.45. The Morgan fingerprint density at radius 2 is 1.93 bits per heavy atom. The van der Waals surface area contributed by atoms with Crippen LogP contribution in [0.2, 0.25) is 0 Å². The predicted octanol–water partition coefficient (Wildman–Crippen LogP) is 3.11. The summed E-state index contributed by atoms with van der Waals surface area (Å²) in [6, 6.07) is 5.14. The molecule has 1 aromatic rings. The number of benzene rings is 1. The standard InChI is InChI=1S/C17H25F3N4O3.HI/c1-5-21-16(22-10-15(25)24(3)11-17(18,19)20)23-12-7-8-13(26-4)14(9-12)27-6-2;/h7-9H,5-6,10-11H2,1-4H3,(H2,21,22,23);1H. The van der Waals surface area contributed by atoms with Crippen LogP contribution in [-0.2, 0) is 4.79 Å². The highest BCUT2D eigenvalue weighted by Crippen LogP contribution is 2.30. The number of halogens is 4. The van der Waals surface area contributed by atoms with Crippen LogP contribution in [0.5, 0.6) is 11.5 Å². The molecular weight excluding hydrogens is 492 g/mol. The molecule has 0 aliphatic rings. The zero-order valence-electron chi connectivity index (χ0n) is 16.2. The van der Waals surface area contributed by atoms with Gasteiger partial charge in [-0.25, -0.2) is 4.99 Å². The second kappa shape index (κ2) is 12.5. The fraction of sp³-hybridized carbons (Fsp3) is 0.529. The van der Waals surface area contributed by atoms with Crippen molar-refractivity contribution in [1.82, 2.24) is 10.2 Å². The van der Waals surface area contributed by atoms with Gasteiger partial charge >= 0.3 is 6.18 Å². The molecule has 1 rings (SSSR count). The quantitative estimate of drug-likeness (QED) is 0.315. The van der Waals surface area contributed by atoms with Crippen LogP contribution < -0.4 is 20.1 Å². The summed E-state index contributed by atoms with van der Waals surface area (Å²) >= 11 is 0. The van der Waals surface area contributed by atoms with Crippen molar-refractivity contribution >= 4 is 41.5 Å². The Morgan fingerprint density at radius 1 is 1.25 bits per heavy atom. The highest BCUT2D eigenvalue weighted by Gasteiger charge is 2.31. The lowest BCUT2D eigenvalue weighted by Crippen LogP contribution is -2.38. The van der Waals surface area contributed by atoms with Gasteiger partial charge in [0.15, 0.2) is 17.5 Å². The van der Waals surface area contributed by atoms with E-state index >= 15 is 0 Å². The molecular formula is C17H26F3IN4O3. The van der Waals surface area contributed by atoms with Crippen LogP contribution in [0.15, 0.2) is 23.2 Å². The van der Waals surface area contributed by atoms with Gasteiger partial charge in [0.2, 0.25) is 5.91 Å². The second-order valence-electron chi connectivity index (χ2n) is 5.48. The highest BCUT2D eigenvalue weighted by atomic mass is 127. The number of guanidine groups is 1. The zero-order valence-corrected chi connectivity index (χ0v) is 18.6. The first-order valence-corrected chi connectivity index (χ1v) is 8.37. The molecule has 7 nitrogen and oxygen atoms in total. The number of nitrogens with zero attached hydrogens (tertiary/aromatic N) is 2. The molecule has 0 fully saturated rings. The van der Waals surface area contributed by atoms with Gasteiger partial charge < -0.3 is 25.0 Å². The SMILES string of the molecule is CCNC(=NCC(=O)N(C)CC(F)(F)F)Nc1ccc(OC)c(OCC)c1.I. The van der Waals surface area contributed by atoms with Crippen LogP contribution >= 0.6 is 24.0 Å². The third kappa shape index (κ3) is 9.33. The van der Waals surface area contributed by atoms with E-state index in [2.05, 4.69) is 15.6 Å². The van der Waals surface area contributed by atoms with Crippen LogP contribution in [0.3, 0.4) is 0 Å². The Labute approximate surface area is 179 Å². The number of hydrogen-bond donors (Lipinski definition) is 2. The molecule has 0 unspecified atom stereocenters. The van der Waals surface area contributed by atoms with Gasteiger partial charge in [-0.3, -0.25) is 4.79 Å². The van der Waals surface area contributed by atoms with Gasteiger partial charge in [-0.2, -0.15) is 13.2 Å². The Hall–Kier alpha value is -1.92. The summed E-state index contributed by atoms with van der Waals surface area (Å²) in [4.78, 5) is 16.5. The number of likely N-dealkylation sites (N-methyl/N-ethyl adjacent to an activating group) is 1. The second-order valence-corrected chi connectivity index (χ2v) is 5.48. The van der Waals surface area contributed by atoms with E-state index in [-0.39, 0.29) is 29.9 Å². The van der Waals surface area contributed by atoms with Crippen LogP contribution in [0.25, 0.3) is 0 Å². The molecule has 0 spiro atoms. The van der Waals surface area contributed by atoms with Gasteiger partial charge in [-0.1, -0.05) is 0 Å². The van der Waals surface area contributed by atoms with Gasteiger partial charge in [0, 0.05) is 25.3 Å². The summed E-state index contributed by atoms with van der Waals surface area (Å²) in [7, 11) is 2.61. The summed E-state index contributed by atoms with van der Waals surface area (Å²) in [5, 5.41) is 5.91. The van der Waals surface area contributed by atoms with Gasteiger partial charge in [-0.05, 0) is 26.0 Å². The fourth-order valence-electron chi connectivity index (χ4n) is 2.09. The topological polar surface area (TPSA) is 75.2 Å². The number of hydrogen-bond acceptors (Lipinski definition) is 4. The maximum Gasteiger partial charge on any atom is 0.406 e. The van der Waals surface area contributed by atoms with E-state index in [9.17, 15) is 18.0 Å². The smallest absolute Gasteiger partial charge is 0.406 e. The lowest BCUT2D eigenvalue weighted by molar-refractivity contribution is -0.157. The molecule has 28 heavy (non-hydrogen) atoms. The molecule has 0 atom stereocenters. The zero-order chi connectivity index (χ0) is 20.4. The molecule has 0 radical (unpaired) electrons. The molecule has 0 aliphatic carbocycles. The van der Waals surface area contributed by atoms with Crippen molar-refractivity contribution < 1.29 is 27.4 Å². The van der Waals surface area contributed by atoms with Gasteiger partial charge in [0.05, 0.1) is 13.7 Å². The largest absolute Gasteiger partial charge is 0.493 e. The predicted molar refractivity (Wildman–Crippen MR) is 113 cm³/mol. The Balaban J connectivity index is 0.00000729. The fourth-order valence-corrected chi connectivity index (χ4v) is 2.09. The lowest BCUT2D eigenvalue weighted by Gasteiger charge is -2.18. The molecule has 0 saturated heterocycles. The van der Waals surface area contributed by atoms with Gasteiger partial charge in [-0.15, -0.1) is 24.0 Å². The number of aliphatic imine (C=N–C) groups is 1. The number of carbonyl (C=O) groups is 1. The lowest BCUT2D eigenvalue weighted by atomic mass is 10.2. The number of nitrogens with one attached hydrogen (secondary N) is 2. The molecule has 0 saturated carbocycles.